The number of hydrogen-bond donors (Lipinski definition) is 3. The molecule has 0 spiro atoms. The van der Waals surface area contributed by atoms with E-state index in [1.807, 2.05) is 13.8 Å². The summed E-state index contributed by atoms with van der Waals surface area (Å²) >= 11 is 0. The van der Waals surface area contributed by atoms with Crippen LogP contribution >= 0.6 is 0 Å². The van der Waals surface area contributed by atoms with Crippen molar-refractivity contribution in [1.82, 2.24) is 10.6 Å². The van der Waals surface area contributed by atoms with Crippen LogP contribution in [0.25, 0.3) is 0 Å². The molecule has 122 valence electrons. The number of carboxylic acids is 1. The second-order valence-electron chi connectivity index (χ2n) is 6.73. The zero-order chi connectivity index (χ0) is 16.0. The number of carboxylic acid groups (broad SMARTS) is 1. The van der Waals surface area contributed by atoms with E-state index in [2.05, 4.69) is 24.5 Å². The van der Waals surface area contributed by atoms with Crippen molar-refractivity contribution < 1.29 is 14.7 Å². The summed E-state index contributed by atoms with van der Waals surface area (Å²) in [5.41, 5.74) is 0. The lowest BCUT2D eigenvalue weighted by molar-refractivity contribution is -0.142. The molecule has 1 fully saturated rings. The maximum atomic E-state index is 11.9. The number of urea groups is 1. The van der Waals surface area contributed by atoms with Crippen LogP contribution in [0.15, 0.2) is 0 Å². The summed E-state index contributed by atoms with van der Waals surface area (Å²) < 4.78 is 0. The minimum atomic E-state index is -0.843. The first-order chi connectivity index (χ1) is 9.85. The highest BCUT2D eigenvalue weighted by Gasteiger charge is 2.32. The lowest BCUT2D eigenvalue weighted by atomic mass is 9.93. The Morgan fingerprint density at radius 3 is 2.43 bits per heavy atom. The molecule has 5 nitrogen and oxygen atoms in total. The lowest BCUT2D eigenvalue weighted by Gasteiger charge is -2.22. The number of carbonyl (C=O) groups is 2. The van der Waals surface area contributed by atoms with Crippen LogP contribution in [0.4, 0.5) is 4.79 Å². The first kappa shape index (κ1) is 17.8. The van der Waals surface area contributed by atoms with Gasteiger partial charge < -0.3 is 15.7 Å². The van der Waals surface area contributed by atoms with E-state index in [1.165, 1.54) is 0 Å². The molecule has 0 aromatic carbocycles. The lowest BCUT2D eigenvalue weighted by Crippen LogP contribution is -2.45. The number of rotatable bonds is 7. The molecule has 0 bridgehead atoms. The normalized spacial score (nSPS) is 26.6. The Hall–Kier alpha value is -1.26. The molecule has 5 heteroatoms. The van der Waals surface area contributed by atoms with E-state index in [-0.39, 0.29) is 18.6 Å². The van der Waals surface area contributed by atoms with Gasteiger partial charge in [0.15, 0.2) is 0 Å². The third-order valence-corrected chi connectivity index (χ3v) is 4.68. The molecule has 3 N–H and O–H groups in total. The zero-order valence-corrected chi connectivity index (χ0v) is 13.7. The highest BCUT2D eigenvalue weighted by atomic mass is 16.4. The second-order valence-corrected chi connectivity index (χ2v) is 6.73. The van der Waals surface area contributed by atoms with Crippen LogP contribution in [-0.2, 0) is 4.79 Å². The average Bonchev–Trinajstić information content (AvgIpc) is 2.74. The molecule has 4 unspecified atom stereocenters. The first-order valence-corrected chi connectivity index (χ1v) is 8.12. The van der Waals surface area contributed by atoms with Crippen LogP contribution in [0, 0.1) is 23.7 Å². The number of hydrogen-bond acceptors (Lipinski definition) is 2. The number of carbonyl (C=O) groups excluding carboxylic acids is 1. The van der Waals surface area contributed by atoms with Crippen molar-refractivity contribution in [1.29, 1.82) is 0 Å². The van der Waals surface area contributed by atoms with E-state index in [1.54, 1.807) is 0 Å². The minimum absolute atomic E-state index is 0.192. The standard InChI is InChI=1S/C16H30N2O3/c1-5-12-6-7-14(11(12)4)18-16(21)17-9-13(15(19)20)8-10(2)3/h10-14H,5-9H2,1-4H3,(H,19,20)(H2,17,18,21). The molecule has 1 rings (SSSR count). The van der Waals surface area contributed by atoms with Crippen LogP contribution in [0.5, 0.6) is 0 Å². The van der Waals surface area contributed by atoms with Crippen LogP contribution in [0.2, 0.25) is 0 Å². The van der Waals surface area contributed by atoms with Gasteiger partial charge in [0.05, 0.1) is 5.92 Å². The molecular weight excluding hydrogens is 268 g/mol. The summed E-state index contributed by atoms with van der Waals surface area (Å²) in [6, 6.07) is -0.0260. The molecule has 21 heavy (non-hydrogen) atoms. The first-order valence-electron chi connectivity index (χ1n) is 8.12. The number of aliphatic carboxylic acids is 1. The summed E-state index contributed by atoms with van der Waals surface area (Å²) in [4.78, 5) is 23.1. The largest absolute Gasteiger partial charge is 0.481 e. The van der Waals surface area contributed by atoms with Crippen molar-refractivity contribution in [2.75, 3.05) is 6.54 Å². The van der Waals surface area contributed by atoms with Crippen molar-refractivity contribution in [2.45, 2.75) is 59.4 Å². The molecule has 0 aromatic rings. The van der Waals surface area contributed by atoms with Gasteiger partial charge in [-0.25, -0.2) is 4.79 Å². The maximum Gasteiger partial charge on any atom is 0.315 e. The van der Waals surface area contributed by atoms with Crippen molar-refractivity contribution in [3.05, 3.63) is 0 Å². The van der Waals surface area contributed by atoms with Gasteiger partial charge in [-0.3, -0.25) is 4.79 Å². The van der Waals surface area contributed by atoms with Crippen molar-refractivity contribution >= 4 is 12.0 Å². The molecule has 1 aliphatic carbocycles. The molecule has 1 aliphatic rings. The Morgan fingerprint density at radius 2 is 1.95 bits per heavy atom. The van der Waals surface area contributed by atoms with Gasteiger partial charge in [0, 0.05) is 12.6 Å². The van der Waals surface area contributed by atoms with Gasteiger partial charge in [-0.05, 0) is 37.0 Å². The van der Waals surface area contributed by atoms with Crippen LogP contribution in [0.3, 0.4) is 0 Å². The summed E-state index contributed by atoms with van der Waals surface area (Å²) in [7, 11) is 0. The molecule has 0 aromatic heterocycles. The Morgan fingerprint density at radius 1 is 1.29 bits per heavy atom. The Labute approximate surface area is 127 Å². The fraction of sp³-hybridized carbons (Fsp3) is 0.875. The molecule has 0 heterocycles. The predicted molar refractivity (Wildman–Crippen MR) is 83.1 cm³/mol. The second kappa shape index (κ2) is 8.25. The van der Waals surface area contributed by atoms with E-state index in [9.17, 15) is 9.59 Å². The van der Waals surface area contributed by atoms with Gasteiger partial charge in [0.2, 0.25) is 0 Å². The Balaban J connectivity index is 2.38. The van der Waals surface area contributed by atoms with E-state index < -0.39 is 11.9 Å². The SMILES string of the molecule is CCC1CCC(NC(=O)NCC(CC(C)C)C(=O)O)C1C. The van der Waals surface area contributed by atoms with Gasteiger partial charge in [0.25, 0.3) is 0 Å². The van der Waals surface area contributed by atoms with Gasteiger partial charge in [-0.15, -0.1) is 0 Å². The fourth-order valence-corrected chi connectivity index (χ4v) is 3.30. The van der Waals surface area contributed by atoms with Gasteiger partial charge >= 0.3 is 12.0 Å². The molecular formula is C16H30N2O3. The summed E-state index contributed by atoms with van der Waals surface area (Å²) in [6.07, 6.45) is 3.90. The molecule has 4 atom stereocenters. The van der Waals surface area contributed by atoms with E-state index in [0.717, 1.165) is 19.3 Å². The minimum Gasteiger partial charge on any atom is -0.481 e. The van der Waals surface area contributed by atoms with Crippen LogP contribution < -0.4 is 10.6 Å². The highest BCUT2D eigenvalue weighted by Crippen LogP contribution is 2.33. The van der Waals surface area contributed by atoms with E-state index >= 15 is 0 Å². The third-order valence-electron chi connectivity index (χ3n) is 4.68. The summed E-state index contributed by atoms with van der Waals surface area (Å²) in [6.45, 7) is 8.54. The number of nitrogens with one attached hydrogen (secondary N) is 2. The predicted octanol–water partition coefficient (Wildman–Crippen LogP) is 2.86. The van der Waals surface area contributed by atoms with E-state index in [0.29, 0.717) is 24.2 Å². The molecule has 1 saturated carbocycles. The zero-order valence-electron chi connectivity index (χ0n) is 13.7. The highest BCUT2D eigenvalue weighted by molar-refractivity contribution is 5.76. The van der Waals surface area contributed by atoms with Crippen LogP contribution in [0.1, 0.15) is 53.4 Å². The maximum absolute atomic E-state index is 11.9. The van der Waals surface area contributed by atoms with Crippen LogP contribution in [-0.4, -0.2) is 29.7 Å². The molecule has 0 radical (unpaired) electrons. The van der Waals surface area contributed by atoms with Gasteiger partial charge in [-0.2, -0.15) is 0 Å². The van der Waals surface area contributed by atoms with Gasteiger partial charge in [-0.1, -0.05) is 34.1 Å². The molecule has 0 saturated heterocycles. The van der Waals surface area contributed by atoms with Gasteiger partial charge in [0.1, 0.15) is 0 Å². The fourth-order valence-electron chi connectivity index (χ4n) is 3.30. The smallest absolute Gasteiger partial charge is 0.315 e. The quantitative estimate of drug-likeness (QED) is 0.676. The van der Waals surface area contributed by atoms with E-state index in [4.69, 9.17) is 5.11 Å². The Bertz CT molecular complexity index is 357. The van der Waals surface area contributed by atoms with Crippen molar-refractivity contribution in [3.63, 3.8) is 0 Å². The van der Waals surface area contributed by atoms with Crippen molar-refractivity contribution in [2.24, 2.45) is 23.7 Å². The topological polar surface area (TPSA) is 78.4 Å². The third kappa shape index (κ3) is 5.56. The molecule has 2 amide bonds. The molecule has 0 aliphatic heterocycles. The summed E-state index contributed by atoms with van der Waals surface area (Å²) in [5.74, 6) is 0.121. The average molecular weight is 298 g/mol. The Kier molecular flexibility index (Phi) is 6.99. The monoisotopic (exact) mass is 298 g/mol. The van der Waals surface area contributed by atoms with Crippen molar-refractivity contribution in [3.8, 4) is 0 Å². The number of amides is 2. The summed E-state index contributed by atoms with van der Waals surface area (Å²) in [5, 5.41) is 14.9.